The summed E-state index contributed by atoms with van der Waals surface area (Å²) in [4.78, 5) is 0. The molecule has 0 aliphatic heterocycles. The zero-order valence-corrected chi connectivity index (χ0v) is 15.4. The monoisotopic (exact) mass is 312 g/mol. The summed E-state index contributed by atoms with van der Waals surface area (Å²) in [7, 11) is -0.993. The summed E-state index contributed by atoms with van der Waals surface area (Å²) in [6.07, 6.45) is 11.6. The third-order valence-electron chi connectivity index (χ3n) is 4.94. The first-order valence-electron chi connectivity index (χ1n) is 8.20. The average molecular weight is 313 g/mol. The van der Waals surface area contributed by atoms with Crippen molar-refractivity contribution in [1.29, 1.82) is 0 Å². The van der Waals surface area contributed by atoms with Crippen LogP contribution in [0.25, 0.3) is 0 Å². The molecule has 0 saturated heterocycles. The Kier molecular flexibility index (Phi) is 5.09. The van der Waals surface area contributed by atoms with Crippen LogP contribution in [-0.4, -0.2) is 32.6 Å². The fraction of sp³-hybridized carbons (Fsp3) is 0.824. The van der Waals surface area contributed by atoms with Gasteiger partial charge in [0.1, 0.15) is 0 Å². The Morgan fingerprint density at radius 1 is 1.29 bits per heavy atom. The number of nitrogens with zero attached hydrogens (tertiary/aromatic N) is 2. The molecule has 1 saturated carbocycles. The van der Waals surface area contributed by atoms with Gasteiger partial charge in [-0.1, -0.05) is 27.7 Å². The molecule has 0 bridgehead atoms. The molecular formula is C17H32N2OS. The predicted octanol–water partition coefficient (Wildman–Crippen LogP) is 4.86. The van der Waals surface area contributed by atoms with Gasteiger partial charge >= 0.3 is 0 Å². The molecule has 1 aliphatic rings. The van der Waals surface area contributed by atoms with Crippen molar-refractivity contribution < 1.29 is 4.18 Å². The SMILES string of the molecule is CCS(C)(OC1CCC(n2cc(C)cn2)CC1)C(C)(C)C. The first kappa shape index (κ1) is 16.9. The van der Waals surface area contributed by atoms with Crippen LogP contribution < -0.4 is 0 Å². The van der Waals surface area contributed by atoms with E-state index < -0.39 is 10.3 Å². The molecule has 1 unspecified atom stereocenters. The van der Waals surface area contributed by atoms with Gasteiger partial charge in [0, 0.05) is 10.9 Å². The Bertz CT molecular complexity index is 458. The average Bonchev–Trinajstić information content (AvgIpc) is 2.85. The van der Waals surface area contributed by atoms with Crippen molar-refractivity contribution >= 4 is 10.3 Å². The molecule has 1 aromatic rings. The molecular weight excluding hydrogens is 280 g/mol. The summed E-state index contributed by atoms with van der Waals surface area (Å²) in [5.41, 5.74) is 1.25. The summed E-state index contributed by atoms with van der Waals surface area (Å²) in [5, 5.41) is 4.48. The Morgan fingerprint density at radius 2 is 1.90 bits per heavy atom. The maximum atomic E-state index is 6.64. The molecule has 2 rings (SSSR count). The number of hydrogen-bond acceptors (Lipinski definition) is 2. The second kappa shape index (κ2) is 6.33. The highest BCUT2D eigenvalue weighted by Crippen LogP contribution is 2.58. The molecule has 1 fully saturated rings. The van der Waals surface area contributed by atoms with Gasteiger partial charge in [0.25, 0.3) is 0 Å². The fourth-order valence-electron chi connectivity index (χ4n) is 2.98. The second-order valence-corrected chi connectivity index (χ2v) is 11.4. The van der Waals surface area contributed by atoms with Gasteiger partial charge < -0.3 is 4.18 Å². The van der Waals surface area contributed by atoms with Gasteiger partial charge in [-0.05, 0) is 50.2 Å². The molecule has 122 valence electrons. The Morgan fingerprint density at radius 3 is 2.33 bits per heavy atom. The minimum Gasteiger partial charge on any atom is -0.333 e. The van der Waals surface area contributed by atoms with Crippen LogP contribution in [0.15, 0.2) is 12.4 Å². The van der Waals surface area contributed by atoms with Gasteiger partial charge in [0.2, 0.25) is 0 Å². The third kappa shape index (κ3) is 3.84. The van der Waals surface area contributed by atoms with Gasteiger partial charge in [-0.3, -0.25) is 4.68 Å². The van der Waals surface area contributed by atoms with E-state index in [0.717, 1.165) is 5.75 Å². The van der Waals surface area contributed by atoms with Crippen molar-refractivity contribution in [2.75, 3.05) is 12.0 Å². The van der Waals surface area contributed by atoms with Gasteiger partial charge in [-0.15, -0.1) is 10.3 Å². The van der Waals surface area contributed by atoms with E-state index in [9.17, 15) is 0 Å². The van der Waals surface area contributed by atoms with E-state index >= 15 is 0 Å². The molecule has 1 heterocycles. The van der Waals surface area contributed by atoms with Crippen LogP contribution in [-0.2, 0) is 4.18 Å². The lowest BCUT2D eigenvalue weighted by Gasteiger charge is -2.49. The maximum Gasteiger partial charge on any atom is 0.0702 e. The summed E-state index contributed by atoms with van der Waals surface area (Å²) >= 11 is 0. The lowest BCUT2D eigenvalue weighted by molar-refractivity contribution is 0.143. The van der Waals surface area contributed by atoms with Crippen LogP contribution >= 0.6 is 10.3 Å². The Labute approximate surface area is 132 Å². The zero-order valence-electron chi connectivity index (χ0n) is 14.6. The molecule has 1 atom stereocenters. The van der Waals surface area contributed by atoms with E-state index in [2.05, 4.69) is 56.9 Å². The van der Waals surface area contributed by atoms with Crippen molar-refractivity contribution in [2.45, 2.75) is 77.2 Å². The number of hydrogen-bond donors (Lipinski definition) is 0. The highest BCUT2D eigenvalue weighted by Gasteiger charge is 2.35. The first-order valence-corrected chi connectivity index (χ1v) is 10.3. The molecule has 3 nitrogen and oxygen atoms in total. The van der Waals surface area contributed by atoms with Crippen LogP contribution in [0.3, 0.4) is 0 Å². The van der Waals surface area contributed by atoms with Gasteiger partial charge in [-0.25, -0.2) is 0 Å². The van der Waals surface area contributed by atoms with Crippen LogP contribution in [0.5, 0.6) is 0 Å². The van der Waals surface area contributed by atoms with Crippen molar-refractivity contribution in [3.8, 4) is 0 Å². The van der Waals surface area contributed by atoms with E-state index in [1.54, 1.807) is 0 Å². The molecule has 21 heavy (non-hydrogen) atoms. The van der Waals surface area contributed by atoms with Crippen LogP contribution in [0.1, 0.15) is 65.0 Å². The number of rotatable bonds is 4. The predicted molar refractivity (Wildman–Crippen MR) is 93.2 cm³/mol. The molecule has 4 heteroatoms. The fourth-order valence-corrected chi connectivity index (χ4v) is 5.07. The highest BCUT2D eigenvalue weighted by molar-refractivity contribution is 8.30. The third-order valence-corrected chi connectivity index (χ3v) is 9.33. The van der Waals surface area contributed by atoms with Gasteiger partial charge in [0.05, 0.1) is 18.3 Å². The summed E-state index contributed by atoms with van der Waals surface area (Å²) < 4.78 is 9.05. The molecule has 1 aliphatic carbocycles. The van der Waals surface area contributed by atoms with Crippen LogP contribution in [0.2, 0.25) is 0 Å². The van der Waals surface area contributed by atoms with Crippen LogP contribution in [0.4, 0.5) is 0 Å². The molecule has 1 aromatic heterocycles. The lowest BCUT2D eigenvalue weighted by Crippen LogP contribution is -2.33. The Hall–Kier alpha value is -0.480. The number of aryl methyl sites for hydroxylation is 1. The molecule has 0 amide bonds. The number of aromatic nitrogens is 2. The topological polar surface area (TPSA) is 27.1 Å². The largest absolute Gasteiger partial charge is 0.333 e. The van der Waals surface area contributed by atoms with Crippen molar-refractivity contribution in [2.24, 2.45) is 0 Å². The maximum absolute atomic E-state index is 6.64. The van der Waals surface area contributed by atoms with E-state index in [1.807, 2.05) is 6.20 Å². The summed E-state index contributed by atoms with van der Waals surface area (Å²) in [6, 6.07) is 0.566. The molecule has 0 spiro atoms. The smallest absolute Gasteiger partial charge is 0.0702 e. The zero-order chi connectivity index (χ0) is 15.7. The molecule has 0 radical (unpaired) electrons. The minimum atomic E-state index is -0.993. The lowest BCUT2D eigenvalue weighted by atomic mass is 9.93. The summed E-state index contributed by atoms with van der Waals surface area (Å²) in [5.74, 6) is 1.15. The molecule has 0 N–H and O–H groups in total. The minimum absolute atomic E-state index is 0.262. The van der Waals surface area contributed by atoms with Crippen molar-refractivity contribution in [1.82, 2.24) is 9.78 Å². The van der Waals surface area contributed by atoms with Gasteiger partial charge in [-0.2, -0.15) is 5.10 Å². The van der Waals surface area contributed by atoms with E-state index in [4.69, 9.17) is 4.18 Å². The standard InChI is InChI=1S/C17H32N2OS/c1-7-21(6,17(3,4)5)20-16-10-8-15(9-11-16)19-13-14(2)12-18-19/h12-13,15-16H,7-11H2,1-6H3. The van der Waals surface area contributed by atoms with Gasteiger partial charge in [0.15, 0.2) is 0 Å². The quantitative estimate of drug-likeness (QED) is 0.794. The normalized spacial score (nSPS) is 28.1. The van der Waals surface area contributed by atoms with E-state index in [0.29, 0.717) is 12.1 Å². The summed E-state index contributed by atoms with van der Waals surface area (Å²) in [6.45, 7) is 11.4. The Balaban J connectivity index is 1.92. The van der Waals surface area contributed by atoms with E-state index in [1.165, 1.54) is 31.2 Å². The second-order valence-electron chi connectivity index (χ2n) is 7.43. The van der Waals surface area contributed by atoms with E-state index in [-0.39, 0.29) is 4.75 Å². The molecule has 0 aromatic carbocycles. The van der Waals surface area contributed by atoms with Crippen molar-refractivity contribution in [3.05, 3.63) is 18.0 Å². The van der Waals surface area contributed by atoms with Crippen LogP contribution in [0, 0.1) is 6.92 Å². The highest BCUT2D eigenvalue weighted by atomic mass is 32.3. The first-order chi connectivity index (χ1) is 9.75. The van der Waals surface area contributed by atoms with Crippen molar-refractivity contribution in [3.63, 3.8) is 0 Å².